The van der Waals surface area contributed by atoms with Crippen molar-refractivity contribution in [2.75, 3.05) is 7.05 Å². The highest BCUT2D eigenvalue weighted by atomic mass is 16.7. The van der Waals surface area contributed by atoms with Gasteiger partial charge in [0.15, 0.2) is 0 Å². The second-order valence-corrected chi connectivity index (χ2v) is 4.97. The highest BCUT2D eigenvalue weighted by Gasteiger charge is 2.37. The Morgan fingerprint density at radius 2 is 2.17 bits per heavy atom. The lowest BCUT2D eigenvalue weighted by Gasteiger charge is -2.31. The van der Waals surface area contributed by atoms with Gasteiger partial charge >= 0.3 is 5.97 Å². The summed E-state index contributed by atoms with van der Waals surface area (Å²) in [7, 11) is 2.16. The number of piperidine rings is 1. The van der Waals surface area contributed by atoms with Crippen LogP contribution in [0.5, 0.6) is 0 Å². The standard InChI is InChI=1S/C13H16N2O3/c1-15-10-4-5-11(15)8-9(7-10)14-18-13(16)12-3-2-6-17-12/h2-3,6,10-11H,4-5,7-8H2,1H3/t10-,11-/m1/s1. The largest absolute Gasteiger partial charge is 0.457 e. The first-order valence-electron chi connectivity index (χ1n) is 6.26. The summed E-state index contributed by atoms with van der Waals surface area (Å²) in [4.78, 5) is 18.9. The number of hydrogen-bond acceptors (Lipinski definition) is 5. The topological polar surface area (TPSA) is 55.0 Å². The molecule has 1 aromatic rings. The van der Waals surface area contributed by atoms with Gasteiger partial charge in [0, 0.05) is 24.9 Å². The van der Waals surface area contributed by atoms with Gasteiger partial charge in [0.25, 0.3) is 0 Å². The Bertz CT molecular complexity index is 451. The van der Waals surface area contributed by atoms with Crippen molar-refractivity contribution >= 4 is 11.7 Å². The average Bonchev–Trinajstić information content (AvgIpc) is 2.94. The summed E-state index contributed by atoms with van der Waals surface area (Å²) in [5, 5.41) is 3.99. The second-order valence-electron chi connectivity index (χ2n) is 4.97. The molecule has 2 aliphatic rings. The van der Waals surface area contributed by atoms with Gasteiger partial charge in [-0.3, -0.25) is 4.90 Å². The third kappa shape index (κ3) is 2.06. The summed E-state index contributed by atoms with van der Waals surface area (Å²) >= 11 is 0. The van der Waals surface area contributed by atoms with E-state index in [0.717, 1.165) is 18.6 Å². The molecule has 96 valence electrons. The fourth-order valence-electron chi connectivity index (χ4n) is 2.83. The monoisotopic (exact) mass is 248 g/mol. The Kier molecular flexibility index (Phi) is 2.91. The molecule has 0 aromatic carbocycles. The van der Waals surface area contributed by atoms with Gasteiger partial charge in [-0.1, -0.05) is 5.16 Å². The lowest BCUT2D eigenvalue weighted by molar-refractivity contribution is 0.0474. The average molecular weight is 248 g/mol. The van der Waals surface area contributed by atoms with E-state index >= 15 is 0 Å². The maximum Gasteiger partial charge on any atom is 0.400 e. The fraction of sp³-hybridized carbons (Fsp3) is 0.538. The molecule has 0 amide bonds. The fourth-order valence-corrected chi connectivity index (χ4v) is 2.83. The third-order valence-electron chi connectivity index (χ3n) is 3.91. The van der Waals surface area contributed by atoms with E-state index in [2.05, 4.69) is 17.1 Å². The van der Waals surface area contributed by atoms with E-state index in [4.69, 9.17) is 9.25 Å². The molecule has 2 fully saturated rings. The molecule has 0 unspecified atom stereocenters. The summed E-state index contributed by atoms with van der Waals surface area (Å²) in [6, 6.07) is 4.34. The molecule has 3 heterocycles. The Labute approximate surface area is 105 Å². The number of hydrogen-bond donors (Lipinski definition) is 0. The number of oxime groups is 1. The molecular formula is C13H16N2O3. The quantitative estimate of drug-likeness (QED) is 0.593. The zero-order valence-electron chi connectivity index (χ0n) is 10.3. The van der Waals surface area contributed by atoms with Gasteiger partial charge in [-0.15, -0.1) is 0 Å². The maximum absolute atomic E-state index is 11.6. The first kappa shape index (κ1) is 11.5. The van der Waals surface area contributed by atoms with Gasteiger partial charge in [-0.25, -0.2) is 4.79 Å². The Balaban J connectivity index is 1.63. The summed E-state index contributed by atoms with van der Waals surface area (Å²) < 4.78 is 4.95. The minimum Gasteiger partial charge on any atom is -0.457 e. The van der Waals surface area contributed by atoms with Crippen molar-refractivity contribution in [1.82, 2.24) is 4.90 Å². The van der Waals surface area contributed by atoms with Crippen LogP contribution in [-0.2, 0) is 4.84 Å². The highest BCUT2D eigenvalue weighted by molar-refractivity contribution is 5.89. The minimum atomic E-state index is -0.529. The Morgan fingerprint density at radius 1 is 1.44 bits per heavy atom. The van der Waals surface area contributed by atoms with Gasteiger partial charge in [-0.05, 0) is 32.0 Å². The third-order valence-corrected chi connectivity index (χ3v) is 3.91. The van der Waals surface area contributed by atoms with Gasteiger partial charge in [-0.2, -0.15) is 0 Å². The van der Waals surface area contributed by atoms with Crippen molar-refractivity contribution < 1.29 is 14.0 Å². The Morgan fingerprint density at radius 3 is 2.78 bits per heavy atom. The molecule has 0 saturated carbocycles. The molecule has 5 heteroatoms. The van der Waals surface area contributed by atoms with E-state index < -0.39 is 5.97 Å². The molecule has 1 aromatic heterocycles. The van der Waals surface area contributed by atoms with Crippen molar-refractivity contribution in [2.45, 2.75) is 37.8 Å². The van der Waals surface area contributed by atoms with Crippen molar-refractivity contribution in [3.8, 4) is 0 Å². The Hall–Kier alpha value is -1.62. The SMILES string of the molecule is CN1[C@@H]2CC[C@@H]1CC(=NOC(=O)c1ccco1)C2. The summed E-state index contributed by atoms with van der Waals surface area (Å²) in [6.45, 7) is 0. The maximum atomic E-state index is 11.6. The van der Waals surface area contributed by atoms with Crippen molar-refractivity contribution in [3.05, 3.63) is 24.2 Å². The van der Waals surface area contributed by atoms with Gasteiger partial charge in [0.05, 0.1) is 12.0 Å². The number of furan rings is 1. The van der Waals surface area contributed by atoms with E-state index in [0.29, 0.717) is 12.1 Å². The lowest BCUT2D eigenvalue weighted by Crippen LogP contribution is -2.40. The van der Waals surface area contributed by atoms with Crippen LogP contribution in [0, 0.1) is 0 Å². The molecule has 2 aliphatic heterocycles. The second kappa shape index (κ2) is 4.57. The molecule has 0 N–H and O–H groups in total. The molecule has 3 rings (SSSR count). The van der Waals surface area contributed by atoms with Crippen LogP contribution in [0.15, 0.2) is 28.0 Å². The molecule has 0 aliphatic carbocycles. The van der Waals surface area contributed by atoms with Gasteiger partial charge in [0.1, 0.15) is 0 Å². The predicted octanol–water partition coefficient (Wildman–Crippen LogP) is 2.05. The summed E-state index contributed by atoms with van der Waals surface area (Å²) in [5.41, 5.74) is 0.987. The number of rotatable bonds is 2. The van der Waals surface area contributed by atoms with E-state index in [1.807, 2.05) is 0 Å². The smallest absolute Gasteiger partial charge is 0.400 e. The number of nitrogens with zero attached hydrogens (tertiary/aromatic N) is 2. The number of carbonyl (C=O) groups excluding carboxylic acids is 1. The van der Waals surface area contributed by atoms with E-state index in [9.17, 15) is 4.79 Å². The molecule has 2 saturated heterocycles. The van der Waals surface area contributed by atoms with Gasteiger partial charge in [0.2, 0.25) is 5.76 Å². The van der Waals surface area contributed by atoms with Crippen molar-refractivity contribution in [2.24, 2.45) is 5.16 Å². The van der Waals surface area contributed by atoms with Crippen LogP contribution >= 0.6 is 0 Å². The molecule has 5 nitrogen and oxygen atoms in total. The van der Waals surface area contributed by atoms with E-state index in [-0.39, 0.29) is 5.76 Å². The predicted molar refractivity (Wildman–Crippen MR) is 65.4 cm³/mol. The minimum absolute atomic E-state index is 0.190. The first-order valence-corrected chi connectivity index (χ1v) is 6.26. The van der Waals surface area contributed by atoms with Crippen LogP contribution in [0.4, 0.5) is 0 Å². The summed E-state index contributed by atoms with van der Waals surface area (Å²) in [5.74, 6) is -0.339. The number of fused-ring (bicyclic) bond motifs is 2. The van der Waals surface area contributed by atoms with Crippen LogP contribution in [0.3, 0.4) is 0 Å². The van der Waals surface area contributed by atoms with E-state index in [1.54, 1.807) is 12.1 Å². The molecular weight excluding hydrogens is 232 g/mol. The molecule has 2 atom stereocenters. The number of carbonyl (C=O) groups is 1. The van der Waals surface area contributed by atoms with Crippen molar-refractivity contribution in [3.63, 3.8) is 0 Å². The van der Waals surface area contributed by atoms with Crippen molar-refractivity contribution in [1.29, 1.82) is 0 Å². The molecule has 18 heavy (non-hydrogen) atoms. The van der Waals surface area contributed by atoms with Crippen LogP contribution in [0.25, 0.3) is 0 Å². The van der Waals surface area contributed by atoms with Crippen LogP contribution in [0.1, 0.15) is 36.2 Å². The van der Waals surface area contributed by atoms with Crippen LogP contribution in [-0.4, -0.2) is 35.7 Å². The van der Waals surface area contributed by atoms with E-state index in [1.165, 1.54) is 19.1 Å². The van der Waals surface area contributed by atoms with Gasteiger partial charge < -0.3 is 9.25 Å². The molecule has 0 spiro atoms. The summed E-state index contributed by atoms with van der Waals surface area (Å²) in [6.07, 6.45) is 5.68. The highest BCUT2D eigenvalue weighted by Crippen LogP contribution is 2.32. The lowest BCUT2D eigenvalue weighted by atomic mass is 10.0. The van der Waals surface area contributed by atoms with Crippen LogP contribution in [0.2, 0.25) is 0 Å². The molecule has 0 radical (unpaired) electrons. The normalized spacial score (nSPS) is 27.3. The van der Waals surface area contributed by atoms with Crippen LogP contribution < -0.4 is 0 Å². The zero-order chi connectivity index (χ0) is 12.5. The first-order chi connectivity index (χ1) is 8.74. The molecule has 2 bridgehead atoms. The zero-order valence-corrected chi connectivity index (χ0v) is 10.3.